The minimum atomic E-state index is -0.659. The SMILES string of the molecule is CN(C=S=O)C(=O)Cl. The molecule has 0 bridgehead atoms. The summed E-state index contributed by atoms with van der Waals surface area (Å²) in [7, 11) is 1.40. The van der Waals surface area contributed by atoms with Crippen LogP contribution in [-0.2, 0) is 11.3 Å². The third-order valence-electron chi connectivity index (χ3n) is 0.478. The van der Waals surface area contributed by atoms with Crippen LogP contribution in [0.4, 0.5) is 4.79 Å². The van der Waals surface area contributed by atoms with Gasteiger partial charge in [-0.05, 0) is 11.6 Å². The van der Waals surface area contributed by atoms with Crippen LogP contribution < -0.4 is 0 Å². The molecule has 1 amide bonds. The van der Waals surface area contributed by atoms with Gasteiger partial charge in [0.2, 0.25) is 0 Å². The van der Waals surface area contributed by atoms with E-state index in [0.29, 0.717) is 0 Å². The summed E-state index contributed by atoms with van der Waals surface area (Å²) >= 11 is 5.09. The van der Waals surface area contributed by atoms with Crippen LogP contribution in [-0.4, -0.2) is 27.0 Å². The van der Waals surface area contributed by atoms with Crippen molar-refractivity contribution >= 4 is 33.7 Å². The van der Waals surface area contributed by atoms with Gasteiger partial charge in [-0.25, -0.2) is 4.21 Å². The molecular formula is C3H4ClNO2S. The third kappa shape index (κ3) is 2.76. The molecule has 0 radical (unpaired) electrons. The maximum absolute atomic E-state index is 10.0. The van der Waals surface area contributed by atoms with E-state index >= 15 is 0 Å². The average Bonchev–Trinajstić information content (AvgIpc) is 1.67. The topological polar surface area (TPSA) is 37.4 Å². The van der Waals surface area contributed by atoms with E-state index in [9.17, 15) is 9.00 Å². The van der Waals surface area contributed by atoms with E-state index in [0.717, 1.165) is 10.4 Å². The van der Waals surface area contributed by atoms with Gasteiger partial charge in [0.25, 0.3) is 0 Å². The van der Waals surface area contributed by atoms with Gasteiger partial charge < -0.3 is 0 Å². The lowest BCUT2D eigenvalue weighted by molar-refractivity contribution is 0.249. The average molecular weight is 154 g/mol. The first-order valence-electron chi connectivity index (χ1n) is 1.72. The maximum atomic E-state index is 10.0. The smallest absolute Gasteiger partial charge is 0.297 e. The number of carbonyl (C=O) groups excluding carboxylic acids is 1. The Kier molecular flexibility index (Phi) is 3.47. The van der Waals surface area contributed by atoms with Crippen LogP contribution in [0, 0.1) is 0 Å². The van der Waals surface area contributed by atoms with Gasteiger partial charge >= 0.3 is 5.37 Å². The Labute approximate surface area is 55.3 Å². The quantitative estimate of drug-likeness (QED) is 0.308. The van der Waals surface area contributed by atoms with Crippen molar-refractivity contribution in [3.63, 3.8) is 0 Å². The van der Waals surface area contributed by atoms with Gasteiger partial charge in [0.15, 0.2) is 0 Å². The molecule has 5 heteroatoms. The molecule has 0 unspecified atom stereocenters. The lowest BCUT2D eigenvalue weighted by Gasteiger charge is -2.00. The van der Waals surface area contributed by atoms with Crippen molar-refractivity contribution in [2.24, 2.45) is 0 Å². The number of hydrogen-bond donors (Lipinski definition) is 0. The molecule has 0 atom stereocenters. The fourth-order valence-corrected chi connectivity index (χ4v) is 0.437. The second-order valence-corrected chi connectivity index (χ2v) is 1.79. The van der Waals surface area contributed by atoms with E-state index in [2.05, 4.69) is 0 Å². The molecule has 8 heavy (non-hydrogen) atoms. The molecule has 46 valence electrons. The highest BCUT2D eigenvalue weighted by Crippen LogP contribution is 1.85. The number of rotatable bonds is 1. The van der Waals surface area contributed by atoms with E-state index in [4.69, 9.17) is 11.6 Å². The Morgan fingerprint density at radius 2 is 2.38 bits per heavy atom. The summed E-state index contributed by atoms with van der Waals surface area (Å²) in [5, 5.41) is -0.659. The van der Waals surface area contributed by atoms with Crippen molar-refractivity contribution in [3.8, 4) is 0 Å². The van der Waals surface area contributed by atoms with Gasteiger partial charge in [-0.15, -0.1) is 0 Å². The van der Waals surface area contributed by atoms with Crippen LogP contribution in [0.2, 0.25) is 0 Å². The van der Waals surface area contributed by atoms with E-state index in [1.54, 1.807) is 0 Å². The summed E-state index contributed by atoms with van der Waals surface area (Å²) in [6, 6.07) is 0. The van der Waals surface area contributed by atoms with Gasteiger partial charge in [0.1, 0.15) is 16.7 Å². The zero-order valence-corrected chi connectivity index (χ0v) is 5.70. The second-order valence-electron chi connectivity index (χ2n) is 1.07. The second kappa shape index (κ2) is 3.63. The first kappa shape index (κ1) is 7.65. The van der Waals surface area contributed by atoms with Crippen molar-refractivity contribution in [1.82, 2.24) is 4.90 Å². The number of halogens is 1. The molecule has 0 aliphatic carbocycles. The van der Waals surface area contributed by atoms with Crippen molar-refractivity contribution in [2.75, 3.05) is 7.05 Å². The Balaban J connectivity index is 3.82. The van der Waals surface area contributed by atoms with Crippen molar-refractivity contribution < 1.29 is 9.00 Å². The molecule has 0 aliphatic rings. The first-order chi connectivity index (χ1) is 3.68. The van der Waals surface area contributed by atoms with Crippen molar-refractivity contribution in [3.05, 3.63) is 0 Å². The lowest BCUT2D eigenvalue weighted by Crippen LogP contribution is -2.17. The van der Waals surface area contributed by atoms with Crippen LogP contribution in [0.25, 0.3) is 0 Å². The van der Waals surface area contributed by atoms with Crippen LogP contribution in [0.5, 0.6) is 0 Å². The first-order valence-corrected chi connectivity index (χ1v) is 2.91. The van der Waals surface area contributed by atoms with Crippen LogP contribution >= 0.6 is 11.6 Å². The standard InChI is InChI=1S/C3H4ClNO2S/c1-5(2-8-7)3(4)6/h2H,1H3. The minimum Gasteiger partial charge on any atom is -0.297 e. The number of carbonyl (C=O) groups is 1. The highest BCUT2D eigenvalue weighted by atomic mass is 35.5. The maximum Gasteiger partial charge on any atom is 0.320 e. The zero-order chi connectivity index (χ0) is 6.57. The summed E-state index contributed by atoms with van der Waals surface area (Å²) in [5.41, 5.74) is 1.08. The molecule has 0 saturated heterocycles. The van der Waals surface area contributed by atoms with Gasteiger partial charge in [-0.1, -0.05) is 0 Å². The Morgan fingerprint density at radius 3 is 2.50 bits per heavy atom. The highest BCUT2D eigenvalue weighted by molar-refractivity contribution is 7.64. The third-order valence-corrected chi connectivity index (χ3v) is 1.15. The Morgan fingerprint density at radius 1 is 1.88 bits per heavy atom. The molecule has 3 nitrogen and oxygen atoms in total. The van der Waals surface area contributed by atoms with Crippen LogP contribution in [0.15, 0.2) is 0 Å². The van der Waals surface area contributed by atoms with Crippen LogP contribution in [0.1, 0.15) is 0 Å². The Hall–Kier alpha value is -0.350. The van der Waals surface area contributed by atoms with Crippen molar-refractivity contribution in [2.45, 2.75) is 0 Å². The predicted octanol–water partition coefficient (Wildman–Crippen LogP) is 0.250. The fraction of sp³-hybridized carbons (Fsp3) is 0.333. The highest BCUT2D eigenvalue weighted by Gasteiger charge is 1.96. The number of amides is 1. The lowest BCUT2D eigenvalue weighted by atomic mass is 11.0. The number of nitrogens with zero attached hydrogens (tertiary/aromatic N) is 1. The van der Waals surface area contributed by atoms with Crippen LogP contribution in [0.3, 0.4) is 0 Å². The van der Waals surface area contributed by atoms with E-state index in [-0.39, 0.29) is 11.3 Å². The molecule has 0 fully saturated rings. The van der Waals surface area contributed by atoms with E-state index < -0.39 is 5.37 Å². The zero-order valence-electron chi connectivity index (χ0n) is 4.13. The monoisotopic (exact) mass is 153 g/mol. The van der Waals surface area contributed by atoms with Gasteiger partial charge in [0.05, 0.1) is 0 Å². The molecule has 0 aromatic heterocycles. The summed E-state index contributed by atoms with van der Waals surface area (Å²) in [6.45, 7) is 0. The largest absolute Gasteiger partial charge is 0.320 e. The van der Waals surface area contributed by atoms with E-state index in [1.165, 1.54) is 7.05 Å². The molecule has 0 rings (SSSR count). The molecule has 0 saturated carbocycles. The molecule has 0 aliphatic heterocycles. The molecule has 0 aromatic rings. The summed E-state index contributed by atoms with van der Waals surface area (Å²) in [5.74, 6) is 0. The van der Waals surface area contributed by atoms with E-state index in [1.807, 2.05) is 0 Å². The molecule has 0 N–H and O–H groups in total. The predicted molar refractivity (Wildman–Crippen MR) is 33.2 cm³/mol. The fourth-order valence-electron chi connectivity index (χ4n) is 0.106. The molecule has 0 heterocycles. The van der Waals surface area contributed by atoms with Crippen molar-refractivity contribution in [1.29, 1.82) is 0 Å². The normalized spacial score (nSPS) is 7.75. The molecular weight excluding hydrogens is 150 g/mol. The molecule has 0 spiro atoms. The Bertz CT molecular complexity index is 140. The summed E-state index contributed by atoms with van der Waals surface area (Å²) in [4.78, 5) is 11.0. The van der Waals surface area contributed by atoms with Gasteiger partial charge in [-0.3, -0.25) is 9.69 Å². The van der Waals surface area contributed by atoms with Gasteiger partial charge in [-0.2, -0.15) is 0 Å². The summed E-state index contributed by atoms with van der Waals surface area (Å²) < 4.78 is 9.65. The molecule has 0 aromatic carbocycles. The summed E-state index contributed by atoms with van der Waals surface area (Å²) in [6.07, 6.45) is 0. The number of hydrogen-bond acceptors (Lipinski definition) is 2. The van der Waals surface area contributed by atoms with Gasteiger partial charge in [0, 0.05) is 7.05 Å². The minimum absolute atomic E-state index is 0.184.